The second-order valence-electron chi connectivity index (χ2n) is 6.74. The van der Waals surface area contributed by atoms with Crippen LogP contribution in [0.25, 0.3) is 11.4 Å². The Balaban J connectivity index is 1.89. The van der Waals surface area contributed by atoms with Crippen molar-refractivity contribution in [1.29, 1.82) is 0 Å². The molecule has 0 atom stereocenters. The lowest BCUT2D eigenvalue weighted by Gasteiger charge is -2.14. The summed E-state index contributed by atoms with van der Waals surface area (Å²) in [7, 11) is 0. The smallest absolute Gasteiger partial charge is 0.338 e. The Morgan fingerprint density at radius 3 is 2.33 bits per heavy atom. The molecule has 0 unspecified atom stereocenters. The highest BCUT2D eigenvalue weighted by atomic mass is 19.2. The van der Waals surface area contributed by atoms with Crippen molar-refractivity contribution < 1.29 is 27.9 Å². The van der Waals surface area contributed by atoms with Crippen molar-refractivity contribution in [3.8, 4) is 11.4 Å². The number of allylic oxidation sites excluding steroid dienone is 2. The molecule has 0 saturated carbocycles. The van der Waals surface area contributed by atoms with Crippen LogP contribution in [0, 0.1) is 17.5 Å². The monoisotopic (exact) mass is 454 g/mol. The Morgan fingerprint density at radius 1 is 1.09 bits per heavy atom. The van der Waals surface area contributed by atoms with Gasteiger partial charge in [0.25, 0.3) is 0 Å². The Hall–Kier alpha value is -4.34. The van der Waals surface area contributed by atoms with Gasteiger partial charge in [-0.2, -0.15) is 5.10 Å². The van der Waals surface area contributed by atoms with Gasteiger partial charge in [-0.3, -0.25) is 4.79 Å². The van der Waals surface area contributed by atoms with Gasteiger partial charge in [0.15, 0.2) is 23.3 Å². The first-order chi connectivity index (χ1) is 15.8. The zero-order valence-electron chi connectivity index (χ0n) is 17.2. The number of carbonyl (C=O) groups is 2. The second kappa shape index (κ2) is 10.3. The van der Waals surface area contributed by atoms with Crippen molar-refractivity contribution in [3.63, 3.8) is 0 Å². The number of hydrogen-bond acceptors (Lipinski definition) is 5. The zero-order chi connectivity index (χ0) is 24.0. The number of benzene rings is 2. The molecule has 3 aromatic rings. The highest BCUT2D eigenvalue weighted by Crippen LogP contribution is 2.19. The lowest BCUT2D eigenvalue weighted by atomic mass is 10.1. The first kappa shape index (κ1) is 23.3. The number of halogens is 3. The van der Waals surface area contributed by atoms with Gasteiger partial charge in [0.1, 0.15) is 0 Å². The van der Waals surface area contributed by atoms with Gasteiger partial charge in [0.2, 0.25) is 6.41 Å². The molecule has 1 aromatic heterocycles. The summed E-state index contributed by atoms with van der Waals surface area (Å²) >= 11 is 0. The molecule has 33 heavy (non-hydrogen) atoms. The number of carbonyl (C=O) groups excluding carboxylic acids is 1. The quantitative estimate of drug-likeness (QED) is 0.238. The van der Waals surface area contributed by atoms with Gasteiger partial charge < -0.3 is 5.11 Å². The van der Waals surface area contributed by atoms with E-state index in [1.54, 1.807) is 37.3 Å². The number of aromatic carboxylic acids is 1. The molecule has 168 valence electrons. The van der Waals surface area contributed by atoms with Crippen LogP contribution in [-0.2, 0) is 11.3 Å². The van der Waals surface area contributed by atoms with Gasteiger partial charge in [-0.05, 0) is 36.8 Å². The van der Waals surface area contributed by atoms with E-state index in [1.807, 2.05) is 0 Å². The molecular formula is C23H17F3N4O3. The fourth-order valence-corrected chi connectivity index (χ4v) is 2.87. The molecule has 0 bridgehead atoms. The van der Waals surface area contributed by atoms with E-state index in [0.717, 1.165) is 17.1 Å². The molecule has 1 heterocycles. The summed E-state index contributed by atoms with van der Waals surface area (Å²) in [4.78, 5) is 30.6. The molecule has 0 aliphatic heterocycles. The van der Waals surface area contributed by atoms with E-state index in [-0.39, 0.29) is 29.2 Å². The van der Waals surface area contributed by atoms with Crippen LogP contribution in [0.2, 0.25) is 0 Å². The van der Waals surface area contributed by atoms with Crippen LogP contribution < -0.4 is 0 Å². The molecule has 0 saturated heterocycles. The van der Waals surface area contributed by atoms with E-state index >= 15 is 0 Å². The lowest BCUT2D eigenvalue weighted by molar-refractivity contribution is -0.118. The van der Waals surface area contributed by atoms with Gasteiger partial charge in [0.05, 0.1) is 17.8 Å². The average Bonchev–Trinajstić information content (AvgIpc) is 2.81. The van der Waals surface area contributed by atoms with Crippen molar-refractivity contribution in [1.82, 2.24) is 15.0 Å². The van der Waals surface area contributed by atoms with Crippen LogP contribution >= 0.6 is 0 Å². The molecule has 0 spiro atoms. The Bertz CT molecular complexity index is 1220. The standard InChI is InChI=1S/C23H17F3N4O3/c1-2-4-20(16-8-18(24)21(26)19(25)9-16)29-30(13-31)12-14-5-3-6-15(7-14)22-27-10-17(11-28-22)23(32)33/h2-11,13H,12H2,1H3,(H,32,33)/b4-2-,29-20+. The third kappa shape index (κ3) is 5.67. The summed E-state index contributed by atoms with van der Waals surface area (Å²) in [6.07, 6.45) is 5.79. The maximum Gasteiger partial charge on any atom is 0.338 e. The van der Waals surface area contributed by atoms with Gasteiger partial charge in [-0.25, -0.2) is 32.9 Å². The van der Waals surface area contributed by atoms with Crippen LogP contribution in [0.4, 0.5) is 13.2 Å². The molecule has 0 radical (unpaired) electrons. The number of nitrogens with zero attached hydrogens (tertiary/aromatic N) is 4. The fraction of sp³-hybridized carbons (Fsp3) is 0.0870. The minimum atomic E-state index is -1.60. The van der Waals surface area contributed by atoms with E-state index in [1.165, 1.54) is 18.5 Å². The third-order valence-corrected chi connectivity index (χ3v) is 4.39. The molecule has 1 N–H and O–H groups in total. The molecule has 0 fully saturated rings. The van der Waals surface area contributed by atoms with Crippen LogP contribution in [0.3, 0.4) is 0 Å². The third-order valence-electron chi connectivity index (χ3n) is 4.39. The summed E-state index contributed by atoms with van der Waals surface area (Å²) in [6.45, 7) is 1.65. The van der Waals surface area contributed by atoms with E-state index in [9.17, 15) is 22.8 Å². The first-order valence-corrected chi connectivity index (χ1v) is 9.55. The molecule has 7 nitrogen and oxygen atoms in total. The highest BCUT2D eigenvalue weighted by molar-refractivity contribution is 6.08. The molecule has 10 heteroatoms. The Morgan fingerprint density at radius 2 is 1.76 bits per heavy atom. The van der Waals surface area contributed by atoms with E-state index in [2.05, 4.69) is 15.1 Å². The van der Waals surface area contributed by atoms with Gasteiger partial charge in [0, 0.05) is 23.5 Å². The number of amides is 1. The molecule has 2 aromatic carbocycles. The average molecular weight is 454 g/mol. The number of carboxylic acids is 1. The number of aromatic nitrogens is 2. The van der Waals surface area contributed by atoms with Crippen LogP contribution in [-0.4, -0.2) is 38.2 Å². The lowest BCUT2D eigenvalue weighted by Crippen LogP contribution is -2.18. The predicted molar refractivity (Wildman–Crippen MR) is 114 cm³/mol. The van der Waals surface area contributed by atoms with Crippen molar-refractivity contribution in [2.24, 2.45) is 5.10 Å². The van der Waals surface area contributed by atoms with Crippen molar-refractivity contribution in [2.45, 2.75) is 13.5 Å². The van der Waals surface area contributed by atoms with Gasteiger partial charge in [-0.1, -0.05) is 24.3 Å². The fourth-order valence-electron chi connectivity index (χ4n) is 2.87. The Kier molecular flexibility index (Phi) is 7.29. The number of hydrazone groups is 1. The number of hydrogen-bond donors (Lipinski definition) is 1. The molecule has 0 aliphatic rings. The highest BCUT2D eigenvalue weighted by Gasteiger charge is 2.14. The maximum atomic E-state index is 13.7. The van der Waals surface area contributed by atoms with Gasteiger partial charge >= 0.3 is 5.97 Å². The zero-order valence-corrected chi connectivity index (χ0v) is 17.2. The summed E-state index contributed by atoms with van der Waals surface area (Å²) in [5, 5.41) is 14.1. The van der Waals surface area contributed by atoms with Gasteiger partial charge in [-0.15, -0.1) is 0 Å². The molecule has 1 amide bonds. The van der Waals surface area contributed by atoms with Crippen LogP contribution in [0.1, 0.15) is 28.4 Å². The maximum absolute atomic E-state index is 13.7. The normalized spacial score (nSPS) is 11.6. The predicted octanol–water partition coefficient (Wildman–Crippen LogP) is 4.20. The van der Waals surface area contributed by atoms with Crippen molar-refractivity contribution in [2.75, 3.05) is 0 Å². The van der Waals surface area contributed by atoms with E-state index in [0.29, 0.717) is 17.5 Å². The minimum Gasteiger partial charge on any atom is -0.478 e. The van der Waals surface area contributed by atoms with Crippen LogP contribution in [0.15, 0.2) is 66.0 Å². The van der Waals surface area contributed by atoms with E-state index in [4.69, 9.17) is 5.11 Å². The molecule has 3 rings (SSSR count). The first-order valence-electron chi connectivity index (χ1n) is 9.55. The van der Waals surface area contributed by atoms with Crippen molar-refractivity contribution >= 4 is 18.1 Å². The number of rotatable bonds is 8. The summed E-state index contributed by atoms with van der Waals surface area (Å²) in [6, 6.07) is 8.40. The van der Waals surface area contributed by atoms with Crippen LogP contribution in [0.5, 0.6) is 0 Å². The largest absolute Gasteiger partial charge is 0.478 e. The summed E-state index contributed by atoms with van der Waals surface area (Å²) in [5.74, 6) is -5.20. The second-order valence-corrected chi connectivity index (χ2v) is 6.74. The molecule has 0 aliphatic carbocycles. The minimum absolute atomic E-state index is 0.00222. The SMILES string of the molecule is C/C=C\C(=N/N(C=O)Cc1cccc(-c2ncc(C(=O)O)cn2)c1)c1cc(F)c(F)c(F)c1. The Labute approximate surface area is 186 Å². The summed E-state index contributed by atoms with van der Waals surface area (Å²) in [5.41, 5.74) is 1.16. The topological polar surface area (TPSA) is 95.8 Å². The molecular weight excluding hydrogens is 437 g/mol. The number of carboxylic acid groups (broad SMARTS) is 1. The van der Waals surface area contributed by atoms with E-state index < -0.39 is 23.4 Å². The summed E-state index contributed by atoms with van der Waals surface area (Å²) < 4.78 is 40.6. The van der Waals surface area contributed by atoms with Crippen molar-refractivity contribution in [3.05, 3.63) is 95.1 Å².